The normalized spacial score (nSPS) is 9.82. The minimum Gasteiger partial charge on any atom is -0.497 e. The molecule has 5 heteroatoms. The summed E-state index contributed by atoms with van der Waals surface area (Å²) in [6.07, 6.45) is 1.02. The van der Waals surface area contributed by atoms with Gasteiger partial charge in [0.1, 0.15) is 11.5 Å². The van der Waals surface area contributed by atoms with Crippen molar-refractivity contribution in [2.45, 2.75) is 12.8 Å². The summed E-state index contributed by atoms with van der Waals surface area (Å²) in [6, 6.07) is 7.35. The van der Waals surface area contributed by atoms with Crippen LogP contribution in [-0.4, -0.2) is 31.7 Å². The van der Waals surface area contributed by atoms with Crippen LogP contribution in [0.3, 0.4) is 0 Å². The average molecular weight is 238 g/mol. The molecule has 5 nitrogen and oxygen atoms in total. The third-order valence-electron chi connectivity index (χ3n) is 2.24. The van der Waals surface area contributed by atoms with Crippen LogP contribution in [-0.2, 0) is 4.79 Å². The molecule has 0 aromatic heterocycles. The predicted molar refractivity (Wildman–Crippen MR) is 64.7 cm³/mol. The van der Waals surface area contributed by atoms with Crippen molar-refractivity contribution in [3.63, 3.8) is 0 Å². The van der Waals surface area contributed by atoms with Gasteiger partial charge in [0.05, 0.1) is 13.7 Å². The molecule has 1 amide bonds. The summed E-state index contributed by atoms with van der Waals surface area (Å²) >= 11 is 0. The fourth-order valence-corrected chi connectivity index (χ4v) is 1.28. The summed E-state index contributed by atoms with van der Waals surface area (Å²) in [7, 11) is 3.14. The van der Waals surface area contributed by atoms with Gasteiger partial charge in [0.2, 0.25) is 5.91 Å². The van der Waals surface area contributed by atoms with Gasteiger partial charge >= 0.3 is 0 Å². The minimum absolute atomic E-state index is 0.0979. The highest BCUT2D eigenvalue weighted by atomic mass is 16.5. The number of methoxy groups -OCH3 is 1. The molecule has 0 saturated carbocycles. The molecule has 94 valence electrons. The van der Waals surface area contributed by atoms with E-state index in [0.29, 0.717) is 19.4 Å². The third-order valence-corrected chi connectivity index (χ3v) is 2.24. The lowest BCUT2D eigenvalue weighted by atomic mass is 10.3. The maximum Gasteiger partial charge on any atom is 0.236 e. The molecule has 1 aromatic rings. The Hall–Kier alpha value is -1.75. The fourth-order valence-electron chi connectivity index (χ4n) is 1.28. The second kappa shape index (κ2) is 6.75. The molecule has 0 saturated heterocycles. The van der Waals surface area contributed by atoms with Crippen LogP contribution in [0.5, 0.6) is 11.5 Å². The lowest BCUT2D eigenvalue weighted by molar-refractivity contribution is -0.130. The van der Waals surface area contributed by atoms with Gasteiger partial charge in [-0.25, -0.2) is 5.84 Å². The first-order valence-electron chi connectivity index (χ1n) is 5.41. The van der Waals surface area contributed by atoms with Gasteiger partial charge < -0.3 is 9.47 Å². The Bertz CT molecular complexity index is 367. The Morgan fingerprint density at radius 1 is 1.41 bits per heavy atom. The van der Waals surface area contributed by atoms with Gasteiger partial charge in [0, 0.05) is 19.5 Å². The van der Waals surface area contributed by atoms with Crippen LogP contribution >= 0.6 is 0 Å². The lowest BCUT2D eigenvalue weighted by Gasteiger charge is -2.10. The molecule has 0 radical (unpaired) electrons. The average Bonchev–Trinajstić information content (AvgIpc) is 2.34. The van der Waals surface area contributed by atoms with Gasteiger partial charge in [-0.2, -0.15) is 0 Å². The van der Waals surface area contributed by atoms with E-state index >= 15 is 0 Å². The standard InChI is InChI=1S/C12H18N2O3/c1-14(13)12(15)7-4-8-17-11-6-3-5-10(9-11)16-2/h3,5-6,9H,4,7-8,13H2,1-2H3. The van der Waals surface area contributed by atoms with Crippen molar-refractivity contribution >= 4 is 5.91 Å². The molecule has 2 N–H and O–H groups in total. The number of hydrazine groups is 1. The van der Waals surface area contributed by atoms with E-state index in [1.807, 2.05) is 18.2 Å². The minimum atomic E-state index is -0.0979. The molecule has 0 fully saturated rings. The summed E-state index contributed by atoms with van der Waals surface area (Å²) in [5, 5.41) is 1.09. The van der Waals surface area contributed by atoms with Crippen molar-refractivity contribution in [1.82, 2.24) is 5.01 Å². The van der Waals surface area contributed by atoms with Gasteiger partial charge in [0.15, 0.2) is 0 Å². The van der Waals surface area contributed by atoms with E-state index in [0.717, 1.165) is 16.5 Å². The summed E-state index contributed by atoms with van der Waals surface area (Å²) in [5.41, 5.74) is 0. The molecular weight excluding hydrogens is 220 g/mol. The summed E-state index contributed by atoms with van der Waals surface area (Å²) in [6.45, 7) is 0.479. The van der Waals surface area contributed by atoms with Crippen LogP contribution < -0.4 is 15.3 Å². The van der Waals surface area contributed by atoms with Crippen LogP contribution in [0.1, 0.15) is 12.8 Å². The number of rotatable bonds is 6. The van der Waals surface area contributed by atoms with Crippen LogP contribution in [0.4, 0.5) is 0 Å². The van der Waals surface area contributed by atoms with Crippen molar-refractivity contribution in [3.05, 3.63) is 24.3 Å². The first-order valence-corrected chi connectivity index (χ1v) is 5.41. The van der Waals surface area contributed by atoms with Crippen LogP contribution in [0.25, 0.3) is 0 Å². The molecule has 0 atom stereocenters. The number of nitrogens with zero attached hydrogens (tertiary/aromatic N) is 1. The van der Waals surface area contributed by atoms with E-state index in [1.54, 1.807) is 13.2 Å². The molecule has 0 spiro atoms. The van der Waals surface area contributed by atoms with Gasteiger partial charge in [-0.05, 0) is 18.6 Å². The SMILES string of the molecule is COc1cccc(OCCCC(=O)N(C)N)c1. The molecule has 0 heterocycles. The van der Waals surface area contributed by atoms with Crippen LogP contribution in [0, 0.1) is 0 Å². The maximum atomic E-state index is 11.2. The Morgan fingerprint density at radius 3 is 2.76 bits per heavy atom. The molecule has 0 bridgehead atoms. The third kappa shape index (κ3) is 4.74. The number of hydrogen-bond acceptors (Lipinski definition) is 4. The van der Waals surface area contributed by atoms with E-state index in [2.05, 4.69) is 0 Å². The first-order chi connectivity index (χ1) is 8.13. The predicted octanol–water partition coefficient (Wildman–Crippen LogP) is 1.19. The Balaban J connectivity index is 2.28. The molecule has 1 rings (SSSR count). The molecule has 17 heavy (non-hydrogen) atoms. The molecule has 0 aliphatic rings. The monoisotopic (exact) mass is 238 g/mol. The van der Waals surface area contributed by atoms with Crippen molar-refractivity contribution < 1.29 is 14.3 Å². The molecule has 1 aromatic carbocycles. The number of nitrogens with two attached hydrogens (primary N) is 1. The van der Waals surface area contributed by atoms with E-state index in [-0.39, 0.29) is 5.91 Å². The van der Waals surface area contributed by atoms with Crippen molar-refractivity contribution in [3.8, 4) is 11.5 Å². The zero-order valence-corrected chi connectivity index (χ0v) is 10.2. The van der Waals surface area contributed by atoms with Gasteiger partial charge in [-0.15, -0.1) is 0 Å². The number of carbonyl (C=O) groups excluding carboxylic acids is 1. The van der Waals surface area contributed by atoms with Crippen molar-refractivity contribution in [2.75, 3.05) is 20.8 Å². The van der Waals surface area contributed by atoms with E-state index in [9.17, 15) is 4.79 Å². The zero-order chi connectivity index (χ0) is 12.7. The number of amides is 1. The molecule has 0 unspecified atom stereocenters. The van der Waals surface area contributed by atoms with E-state index in [4.69, 9.17) is 15.3 Å². The Kier molecular flexibility index (Phi) is 5.29. The Morgan fingerprint density at radius 2 is 2.12 bits per heavy atom. The summed E-state index contributed by atoms with van der Waals surface area (Å²) in [5.74, 6) is 6.68. The summed E-state index contributed by atoms with van der Waals surface area (Å²) < 4.78 is 10.6. The molecular formula is C12H18N2O3. The first kappa shape index (κ1) is 13.3. The number of hydrogen-bond donors (Lipinski definition) is 1. The second-order valence-corrected chi connectivity index (χ2v) is 3.64. The van der Waals surface area contributed by atoms with Crippen LogP contribution in [0.2, 0.25) is 0 Å². The smallest absolute Gasteiger partial charge is 0.236 e. The van der Waals surface area contributed by atoms with E-state index in [1.165, 1.54) is 7.05 Å². The van der Waals surface area contributed by atoms with Crippen molar-refractivity contribution in [2.24, 2.45) is 5.84 Å². The highest BCUT2D eigenvalue weighted by Gasteiger charge is 2.04. The quantitative estimate of drug-likeness (QED) is 0.350. The van der Waals surface area contributed by atoms with E-state index < -0.39 is 0 Å². The Labute approximate surface area is 101 Å². The number of carbonyl (C=O) groups is 1. The molecule has 0 aliphatic heterocycles. The van der Waals surface area contributed by atoms with Gasteiger partial charge in [-0.3, -0.25) is 9.80 Å². The van der Waals surface area contributed by atoms with Crippen LogP contribution in [0.15, 0.2) is 24.3 Å². The van der Waals surface area contributed by atoms with Crippen molar-refractivity contribution in [1.29, 1.82) is 0 Å². The highest BCUT2D eigenvalue weighted by molar-refractivity contribution is 5.75. The largest absolute Gasteiger partial charge is 0.497 e. The zero-order valence-electron chi connectivity index (χ0n) is 10.2. The van der Waals surface area contributed by atoms with Gasteiger partial charge in [-0.1, -0.05) is 6.07 Å². The van der Waals surface area contributed by atoms with Gasteiger partial charge in [0.25, 0.3) is 0 Å². The topological polar surface area (TPSA) is 64.8 Å². The second-order valence-electron chi connectivity index (χ2n) is 3.64. The summed E-state index contributed by atoms with van der Waals surface area (Å²) in [4.78, 5) is 11.2. The fraction of sp³-hybridized carbons (Fsp3) is 0.417. The highest BCUT2D eigenvalue weighted by Crippen LogP contribution is 2.18. The molecule has 0 aliphatic carbocycles. The number of ether oxygens (including phenoxy) is 2. The lowest BCUT2D eigenvalue weighted by Crippen LogP contribution is -2.33. The maximum absolute atomic E-state index is 11.2. The number of benzene rings is 1.